The number of aliphatic hydroxyl groups excluding tert-OH is 2. The SMILES string of the molecule is CC(O)CS(Sc1ccccc1)(c1ccccc1)S(=O)(=O)S(CC(C)O)(Sc1ccccc1)c1ccccc1. The maximum atomic E-state index is 15.8. The molecule has 0 aromatic heterocycles. The van der Waals surface area contributed by atoms with Gasteiger partial charge >= 0.3 is 0 Å². The van der Waals surface area contributed by atoms with Crippen LogP contribution in [0.25, 0.3) is 0 Å². The topological polar surface area (TPSA) is 74.6 Å². The molecule has 9 heteroatoms. The maximum Gasteiger partial charge on any atom is 0.244 e. The largest absolute Gasteiger partial charge is 0.393 e. The lowest BCUT2D eigenvalue weighted by atomic mass is 10.4. The third-order valence-electron chi connectivity index (χ3n) is 5.73. The Morgan fingerprint density at radius 2 is 0.821 bits per heavy atom. The molecule has 2 N–H and O–H groups in total. The van der Waals surface area contributed by atoms with Crippen molar-refractivity contribution in [1.29, 1.82) is 0 Å². The lowest BCUT2D eigenvalue weighted by Gasteiger charge is -2.49. The minimum atomic E-state index is -4.11. The Hall–Kier alpha value is -1.85. The van der Waals surface area contributed by atoms with E-state index in [2.05, 4.69) is 0 Å². The van der Waals surface area contributed by atoms with Crippen molar-refractivity contribution in [2.24, 2.45) is 0 Å². The Morgan fingerprint density at radius 1 is 0.538 bits per heavy atom. The summed E-state index contributed by atoms with van der Waals surface area (Å²) < 4.78 is 31.5. The smallest absolute Gasteiger partial charge is 0.244 e. The molecule has 4 unspecified atom stereocenters. The molecular formula is C30H34O4S5. The van der Waals surface area contributed by atoms with Gasteiger partial charge in [-0.2, -0.15) is 0 Å². The first-order valence-corrected chi connectivity index (χ1v) is 21.3. The third-order valence-corrected chi connectivity index (χ3v) is 33.2. The molecule has 0 fully saturated rings. The number of benzene rings is 4. The van der Waals surface area contributed by atoms with Gasteiger partial charge < -0.3 is 10.2 Å². The van der Waals surface area contributed by atoms with E-state index < -0.39 is 36.3 Å². The molecule has 0 spiro atoms. The van der Waals surface area contributed by atoms with Crippen LogP contribution < -0.4 is 0 Å². The van der Waals surface area contributed by atoms with Gasteiger partial charge in [0, 0.05) is 31.1 Å². The van der Waals surface area contributed by atoms with Crippen LogP contribution in [0.15, 0.2) is 141 Å². The van der Waals surface area contributed by atoms with Crippen LogP contribution in [0.5, 0.6) is 0 Å². The molecular weight excluding hydrogens is 585 g/mol. The molecule has 0 aliphatic rings. The second kappa shape index (κ2) is 13.2. The zero-order valence-electron chi connectivity index (χ0n) is 21.9. The minimum absolute atomic E-state index is 0.0651. The predicted octanol–water partition coefficient (Wildman–Crippen LogP) is 8.13. The van der Waals surface area contributed by atoms with E-state index in [0.717, 1.165) is 9.79 Å². The molecule has 4 aromatic rings. The molecule has 4 atom stereocenters. The van der Waals surface area contributed by atoms with E-state index >= 15 is 8.42 Å². The van der Waals surface area contributed by atoms with Gasteiger partial charge in [-0.25, -0.2) is 8.42 Å². The fourth-order valence-corrected chi connectivity index (χ4v) is 37.1. The summed E-state index contributed by atoms with van der Waals surface area (Å²) in [5.74, 6) is 0.130. The Kier molecular flexibility index (Phi) is 10.2. The summed E-state index contributed by atoms with van der Waals surface area (Å²) >= 11 is 0. The van der Waals surface area contributed by atoms with E-state index in [-0.39, 0.29) is 11.5 Å². The quantitative estimate of drug-likeness (QED) is 0.156. The van der Waals surface area contributed by atoms with E-state index in [1.165, 1.54) is 21.6 Å². The van der Waals surface area contributed by atoms with Gasteiger partial charge in [0.15, 0.2) is 0 Å². The lowest BCUT2D eigenvalue weighted by molar-refractivity contribution is 0.220. The number of rotatable bonds is 12. The highest BCUT2D eigenvalue weighted by atomic mass is 33.9. The van der Waals surface area contributed by atoms with Crippen molar-refractivity contribution in [2.75, 3.05) is 11.5 Å². The Balaban J connectivity index is 2.09. The second-order valence-electron chi connectivity index (χ2n) is 9.09. The van der Waals surface area contributed by atoms with Crippen LogP contribution in [0.2, 0.25) is 0 Å². The number of aliphatic hydroxyl groups is 2. The molecule has 4 aromatic carbocycles. The molecule has 0 saturated heterocycles. The Labute approximate surface area is 241 Å². The van der Waals surface area contributed by atoms with Crippen LogP contribution in [0, 0.1) is 0 Å². The van der Waals surface area contributed by atoms with Crippen molar-refractivity contribution >= 4 is 45.7 Å². The minimum Gasteiger partial charge on any atom is -0.393 e. The van der Waals surface area contributed by atoms with Crippen LogP contribution in [0.4, 0.5) is 0 Å². The number of hydrogen-bond acceptors (Lipinski definition) is 6. The van der Waals surface area contributed by atoms with E-state index in [1.807, 2.05) is 121 Å². The molecule has 0 aliphatic heterocycles. The van der Waals surface area contributed by atoms with Crippen molar-refractivity contribution < 1.29 is 18.6 Å². The summed E-state index contributed by atoms with van der Waals surface area (Å²) in [5, 5.41) is 21.8. The standard InChI is InChI=1S/C30H34O4S5/c1-25(31)23-37(29-19-11-5-12-20-29,35-27-15-7-3-8-16-27)39(33,34)38(24-26(2)32,30-21-13-6-14-22-30)36-28-17-9-4-10-18-28/h3-22,25-26,31-32H,23-24H2,1-2H3. The molecule has 4 rings (SSSR count). The molecule has 0 saturated carbocycles. The molecule has 208 valence electrons. The van der Waals surface area contributed by atoms with Crippen molar-refractivity contribution in [3.63, 3.8) is 0 Å². The first-order chi connectivity index (χ1) is 18.7. The predicted molar refractivity (Wildman–Crippen MR) is 171 cm³/mol. The average Bonchev–Trinajstić information content (AvgIpc) is 2.93. The summed E-state index contributed by atoms with van der Waals surface area (Å²) in [6.07, 6.45) is -1.74. The number of hydrogen-bond donors (Lipinski definition) is 2. The summed E-state index contributed by atoms with van der Waals surface area (Å²) in [6, 6.07) is 37.8. The molecule has 0 heterocycles. The first kappa shape index (κ1) is 30.1. The zero-order valence-corrected chi connectivity index (χ0v) is 26.0. The Bertz CT molecular complexity index is 1310. The Morgan fingerprint density at radius 3 is 1.10 bits per heavy atom. The van der Waals surface area contributed by atoms with Gasteiger partial charge in [-0.3, -0.25) is 0 Å². The third kappa shape index (κ3) is 6.56. The highest BCUT2D eigenvalue weighted by Gasteiger charge is 2.54. The van der Waals surface area contributed by atoms with Gasteiger partial charge in [0.05, 0.1) is 12.2 Å². The van der Waals surface area contributed by atoms with E-state index in [0.29, 0.717) is 9.79 Å². The van der Waals surface area contributed by atoms with Crippen LogP contribution in [0.1, 0.15) is 13.8 Å². The summed E-state index contributed by atoms with van der Waals surface area (Å²) in [4.78, 5) is 3.02. The van der Waals surface area contributed by atoms with E-state index in [4.69, 9.17) is 0 Å². The van der Waals surface area contributed by atoms with Crippen LogP contribution in [-0.2, 0) is 7.90 Å². The second-order valence-corrected chi connectivity index (χ2v) is 27.6. The van der Waals surface area contributed by atoms with Gasteiger partial charge in [-0.05, 0) is 78.6 Å². The van der Waals surface area contributed by atoms with Crippen molar-refractivity contribution in [3.05, 3.63) is 121 Å². The highest BCUT2D eigenvalue weighted by Crippen LogP contribution is 2.87. The van der Waals surface area contributed by atoms with E-state index in [9.17, 15) is 10.2 Å². The molecule has 0 amide bonds. The van der Waals surface area contributed by atoms with Crippen molar-refractivity contribution in [1.82, 2.24) is 0 Å². The lowest BCUT2D eigenvalue weighted by Crippen LogP contribution is -2.28. The van der Waals surface area contributed by atoms with Gasteiger partial charge in [0.25, 0.3) is 0 Å². The zero-order chi connectivity index (χ0) is 27.9. The molecule has 0 bridgehead atoms. The van der Waals surface area contributed by atoms with Gasteiger partial charge in [-0.1, -0.05) is 94.4 Å². The highest BCUT2D eigenvalue weighted by molar-refractivity contribution is 9.48. The maximum absolute atomic E-state index is 15.8. The van der Waals surface area contributed by atoms with Crippen LogP contribution >= 0.6 is 37.8 Å². The van der Waals surface area contributed by atoms with Crippen LogP contribution in [-0.4, -0.2) is 42.3 Å². The molecule has 0 aliphatic carbocycles. The molecule has 4 nitrogen and oxygen atoms in total. The van der Waals surface area contributed by atoms with Gasteiger partial charge in [0.2, 0.25) is 7.90 Å². The fourth-order valence-electron chi connectivity index (χ4n) is 4.17. The molecule has 0 radical (unpaired) electrons. The normalized spacial score (nSPS) is 18.2. The summed E-state index contributed by atoms with van der Waals surface area (Å²) in [6.45, 7) is 3.31. The van der Waals surface area contributed by atoms with Gasteiger partial charge in [0.1, 0.15) is 0 Å². The van der Waals surface area contributed by atoms with Crippen molar-refractivity contribution in [3.8, 4) is 0 Å². The summed E-state index contributed by atoms with van der Waals surface area (Å²) in [7, 11) is -7.08. The average molecular weight is 619 g/mol. The molecule has 39 heavy (non-hydrogen) atoms. The summed E-state index contributed by atoms with van der Waals surface area (Å²) in [5.41, 5.74) is 0. The first-order valence-electron chi connectivity index (χ1n) is 12.5. The monoisotopic (exact) mass is 618 g/mol. The van der Waals surface area contributed by atoms with Gasteiger partial charge in [-0.15, -0.1) is 0 Å². The van der Waals surface area contributed by atoms with E-state index in [1.54, 1.807) is 13.8 Å². The fraction of sp³-hybridized carbons (Fsp3) is 0.200. The van der Waals surface area contributed by atoms with Crippen molar-refractivity contribution in [2.45, 2.75) is 45.6 Å². The van der Waals surface area contributed by atoms with Crippen LogP contribution in [0.3, 0.4) is 0 Å².